The van der Waals surface area contributed by atoms with Gasteiger partial charge in [0.1, 0.15) is 0 Å². The van der Waals surface area contributed by atoms with Crippen molar-refractivity contribution in [1.82, 2.24) is 0 Å². The summed E-state index contributed by atoms with van der Waals surface area (Å²) in [6.07, 6.45) is 1.52. The average Bonchev–Trinajstić information content (AvgIpc) is 3.20. The molecule has 0 bridgehead atoms. The fourth-order valence-electron chi connectivity index (χ4n) is 3.47. The number of hydrogen-bond acceptors (Lipinski definition) is 3. The van der Waals surface area contributed by atoms with Gasteiger partial charge in [-0.1, -0.05) is 18.2 Å². The average molecular weight is 308 g/mol. The topological polar surface area (TPSA) is 52.6 Å². The number of benzene rings is 2. The Morgan fingerprint density at radius 1 is 1.13 bits per heavy atom. The second kappa shape index (κ2) is 5.70. The van der Waals surface area contributed by atoms with Crippen LogP contribution < -0.4 is 10.2 Å². The number of rotatable bonds is 3. The standard InChI is InChI=1S/C19H20N2O2/c22-12-13-9-19(23)21(11-13)17-4-1-14(2-5-17)15-3-6-18-16(10-15)7-8-20-18/h1-6,10,13,20,22H,7-9,11-12H2. The van der Waals surface area contributed by atoms with Gasteiger partial charge < -0.3 is 15.3 Å². The number of aliphatic hydroxyl groups is 1. The van der Waals surface area contributed by atoms with E-state index in [4.69, 9.17) is 0 Å². The highest BCUT2D eigenvalue weighted by Crippen LogP contribution is 2.31. The molecule has 2 heterocycles. The molecule has 1 unspecified atom stereocenters. The van der Waals surface area contributed by atoms with Crippen molar-refractivity contribution in [3.63, 3.8) is 0 Å². The summed E-state index contributed by atoms with van der Waals surface area (Å²) in [6, 6.07) is 14.7. The molecular weight excluding hydrogens is 288 g/mol. The highest BCUT2D eigenvalue weighted by molar-refractivity contribution is 5.96. The molecule has 0 aliphatic carbocycles. The molecule has 118 valence electrons. The highest BCUT2D eigenvalue weighted by Gasteiger charge is 2.29. The number of nitrogens with one attached hydrogen (secondary N) is 1. The zero-order chi connectivity index (χ0) is 15.8. The lowest BCUT2D eigenvalue weighted by atomic mass is 10.0. The first kappa shape index (κ1) is 14.3. The van der Waals surface area contributed by atoms with Crippen LogP contribution >= 0.6 is 0 Å². The van der Waals surface area contributed by atoms with E-state index in [1.807, 2.05) is 12.1 Å². The van der Waals surface area contributed by atoms with Gasteiger partial charge in [0.2, 0.25) is 5.91 Å². The van der Waals surface area contributed by atoms with Crippen LogP contribution in [0.2, 0.25) is 0 Å². The third-order valence-electron chi connectivity index (χ3n) is 4.79. The largest absolute Gasteiger partial charge is 0.396 e. The molecule has 0 radical (unpaired) electrons. The number of hydrogen-bond donors (Lipinski definition) is 2. The van der Waals surface area contributed by atoms with Gasteiger partial charge in [-0.15, -0.1) is 0 Å². The van der Waals surface area contributed by atoms with Crippen LogP contribution in [0.25, 0.3) is 11.1 Å². The van der Waals surface area contributed by atoms with Crippen molar-refractivity contribution in [1.29, 1.82) is 0 Å². The second-order valence-electron chi connectivity index (χ2n) is 6.35. The van der Waals surface area contributed by atoms with Gasteiger partial charge in [0, 0.05) is 43.4 Å². The van der Waals surface area contributed by atoms with Crippen molar-refractivity contribution >= 4 is 17.3 Å². The van der Waals surface area contributed by atoms with E-state index >= 15 is 0 Å². The van der Waals surface area contributed by atoms with Crippen molar-refractivity contribution in [2.75, 3.05) is 29.9 Å². The summed E-state index contributed by atoms with van der Waals surface area (Å²) < 4.78 is 0. The number of nitrogens with zero attached hydrogens (tertiary/aromatic N) is 1. The SMILES string of the molecule is O=C1CC(CO)CN1c1ccc(-c2ccc3c(c2)CCN3)cc1. The molecule has 4 rings (SSSR count). The first-order chi connectivity index (χ1) is 11.2. The molecule has 1 atom stereocenters. The molecule has 1 amide bonds. The maximum Gasteiger partial charge on any atom is 0.227 e. The summed E-state index contributed by atoms with van der Waals surface area (Å²) in [7, 11) is 0. The van der Waals surface area contributed by atoms with Crippen LogP contribution in [0.3, 0.4) is 0 Å². The third-order valence-corrected chi connectivity index (χ3v) is 4.79. The molecular formula is C19H20N2O2. The molecule has 2 aliphatic heterocycles. The molecule has 4 heteroatoms. The Morgan fingerprint density at radius 2 is 1.91 bits per heavy atom. The molecule has 2 aromatic rings. The molecule has 2 aliphatic rings. The maximum absolute atomic E-state index is 12.0. The third kappa shape index (κ3) is 2.59. The van der Waals surface area contributed by atoms with Crippen molar-refractivity contribution in [2.45, 2.75) is 12.8 Å². The van der Waals surface area contributed by atoms with Gasteiger partial charge in [0.15, 0.2) is 0 Å². The first-order valence-corrected chi connectivity index (χ1v) is 8.13. The van der Waals surface area contributed by atoms with Crippen LogP contribution in [0.1, 0.15) is 12.0 Å². The number of carbonyl (C=O) groups excluding carboxylic acids is 1. The van der Waals surface area contributed by atoms with Crippen molar-refractivity contribution in [3.05, 3.63) is 48.0 Å². The molecule has 4 nitrogen and oxygen atoms in total. The monoisotopic (exact) mass is 308 g/mol. The van der Waals surface area contributed by atoms with Gasteiger partial charge in [0.05, 0.1) is 0 Å². The van der Waals surface area contributed by atoms with Gasteiger partial charge in [-0.25, -0.2) is 0 Å². The zero-order valence-electron chi connectivity index (χ0n) is 13.0. The highest BCUT2D eigenvalue weighted by atomic mass is 16.3. The van der Waals surface area contributed by atoms with Gasteiger partial charge in [-0.2, -0.15) is 0 Å². The quantitative estimate of drug-likeness (QED) is 0.916. The maximum atomic E-state index is 12.0. The number of aliphatic hydroxyl groups excluding tert-OH is 1. The van der Waals surface area contributed by atoms with Crippen LogP contribution in [0.4, 0.5) is 11.4 Å². The van der Waals surface area contributed by atoms with E-state index in [1.54, 1.807) is 4.90 Å². The van der Waals surface area contributed by atoms with E-state index in [0.29, 0.717) is 13.0 Å². The van der Waals surface area contributed by atoms with Crippen LogP contribution in [-0.2, 0) is 11.2 Å². The van der Waals surface area contributed by atoms with Gasteiger partial charge in [-0.3, -0.25) is 4.79 Å². The smallest absolute Gasteiger partial charge is 0.227 e. The van der Waals surface area contributed by atoms with Gasteiger partial charge in [-0.05, 0) is 47.4 Å². The van der Waals surface area contributed by atoms with Crippen LogP contribution in [0.15, 0.2) is 42.5 Å². The predicted octanol–water partition coefficient (Wildman–Crippen LogP) is 2.67. The van der Waals surface area contributed by atoms with E-state index in [-0.39, 0.29) is 18.4 Å². The van der Waals surface area contributed by atoms with Crippen molar-refractivity contribution in [3.8, 4) is 11.1 Å². The Hall–Kier alpha value is -2.33. The summed E-state index contributed by atoms with van der Waals surface area (Å²) in [5.74, 6) is 0.159. The minimum atomic E-state index is 0.0615. The molecule has 1 fully saturated rings. The molecule has 1 saturated heterocycles. The minimum absolute atomic E-state index is 0.0615. The fourth-order valence-corrected chi connectivity index (χ4v) is 3.47. The summed E-state index contributed by atoms with van der Waals surface area (Å²) in [5.41, 5.74) is 5.89. The number of fused-ring (bicyclic) bond motifs is 1. The van der Waals surface area contributed by atoms with E-state index in [0.717, 1.165) is 24.2 Å². The second-order valence-corrected chi connectivity index (χ2v) is 6.35. The lowest BCUT2D eigenvalue weighted by molar-refractivity contribution is -0.117. The normalized spacial score (nSPS) is 19.8. The lowest BCUT2D eigenvalue weighted by Gasteiger charge is -2.17. The predicted molar refractivity (Wildman–Crippen MR) is 91.6 cm³/mol. The summed E-state index contributed by atoms with van der Waals surface area (Å²) in [4.78, 5) is 13.8. The lowest BCUT2D eigenvalue weighted by Crippen LogP contribution is -2.24. The van der Waals surface area contributed by atoms with E-state index in [1.165, 1.54) is 16.8 Å². The number of carbonyl (C=O) groups is 1. The van der Waals surface area contributed by atoms with E-state index < -0.39 is 0 Å². The van der Waals surface area contributed by atoms with Gasteiger partial charge >= 0.3 is 0 Å². The Kier molecular flexibility index (Phi) is 3.54. The molecule has 23 heavy (non-hydrogen) atoms. The van der Waals surface area contributed by atoms with Crippen LogP contribution in [0, 0.1) is 5.92 Å². The van der Waals surface area contributed by atoms with Crippen LogP contribution in [-0.4, -0.2) is 30.7 Å². The van der Waals surface area contributed by atoms with Crippen molar-refractivity contribution in [2.24, 2.45) is 5.92 Å². The first-order valence-electron chi connectivity index (χ1n) is 8.13. The summed E-state index contributed by atoms with van der Waals surface area (Å²) >= 11 is 0. The fraction of sp³-hybridized carbons (Fsp3) is 0.316. The Balaban J connectivity index is 1.58. The van der Waals surface area contributed by atoms with Crippen molar-refractivity contribution < 1.29 is 9.90 Å². The number of amides is 1. The van der Waals surface area contributed by atoms with E-state index in [9.17, 15) is 9.90 Å². The number of anilines is 2. The summed E-state index contributed by atoms with van der Waals surface area (Å²) in [6.45, 7) is 1.70. The molecule has 0 spiro atoms. The molecule has 2 N–H and O–H groups in total. The van der Waals surface area contributed by atoms with Crippen LogP contribution in [0.5, 0.6) is 0 Å². The molecule has 0 aromatic heterocycles. The molecule has 0 saturated carbocycles. The Bertz CT molecular complexity index is 740. The Morgan fingerprint density at radius 3 is 2.65 bits per heavy atom. The minimum Gasteiger partial charge on any atom is -0.396 e. The van der Waals surface area contributed by atoms with E-state index in [2.05, 4.69) is 35.6 Å². The zero-order valence-corrected chi connectivity index (χ0v) is 13.0. The Labute approximate surface area is 135 Å². The molecule has 2 aromatic carbocycles. The van der Waals surface area contributed by atoms with Gasteiger partial charge in [0.25, 0.3) is 0 Å². The summed E-state index contributed by atoms with van der Waals surface area (Å²) in [5, 5.41) is 12.6.